The topological polar surface area (TPSA) is 0 Å². The monoisotopic (exact) mass is 136 g/mol. The Balaban J connectivity index is 2.69. The Morgan fingerprint density at radius 3 is 2.80 bits per heavy atom. The molecule has 0 aromatic heterocycles. The van der Waals surface area contributed by atoms with Gasteiger partial charge in [-0.1, -0.05) is 37.1 Å². The Hall–Kier alpha value is -0.520. The van der Waals surface area contributed by atoms with Crippen LogP contribution >= 0.6 is 0 Å². The summed E-state index contributed by atoms with van der Waals surface area (Å²) in [5, 5.41) is 0. The largest absolute Gasteiger partial charge is 0.0807 e. The Bertz CT molecular complexity index is 172. The highest BCUT2D eigenvalue weighted by molar-refractivity contribution is 5.27. The van der Waals surface area contributed by atoms with Gasteiger partial charge in [-0.25, -0.2) is 0 Å². The normalized spacial score (nSPS) is 25.7. The molecule has 0 nitrogen and oxygen atoms in total. The van der Waals surface area contributed by atoms with Crippen molar-refractivity contribution in [2.45, 2.75) is 33.6 Å². The van der Waals surface area contributed by atoms with Crippen LogP contribution in [0, 0.1) is 5.92 Å². The summed E-state index contributed by atoms with van der Waals surface area (Å²) in [6, 6.07) is 0. The molecule has 0 amide bonds. The van der Waals surface area contributed by atoms with Crippen LogP contribution in [0.3, 0.4) is 0 Å². The molecule has 0 spiro atoms. The highest BCUT2D eigenvalue weighted by Crippen LogP contribution is 2.23. The van der Waals surface area contributed by atoms with Gasteiger partial charge >= 0.3 is 0 Å². The Morgan fingerprint density at radius 2 is 2.30 bits per heavy atom. The van der Waals surface area contributed by atoms with Crippen molar-refractivity contribution in [1.29, 1.82) is 0 Å². The fourth-order valence-corrected chi connectivity index (χ4v) is 1.25. The predicted octanol–water partition coefficient (Wildman–Crippen LogP) is 3.31. The van der Waals surface area contributed by atoms with Crippen molar-refractivity contribution in [2.24, 2.45) is 5.92 Å². The van der Waals surface area contributed by atoms with Crippen LogP contribution in [0.5, 0.6) is 0 Å². The van der Waals surface area contributed by atoms with Gasteiger partial charge < -0.3 is 0 Å². The van der Waals surface area contributed by atoms with E-state index in [4.69, 9.17) is 0 Å². The average Bonchev–Trinajstić information content (AvgIpc) is 1.95. The molecule has 0 saturated carbocycles. The van der Waals surface area contributed by atoms with Crippen LogP contribution in [-0.2, 0) is 0 Å². The smallest absolute Gasteiger partial charge is 0.0196 e. The molecule has 0 heterocycles. The van der Waals surface area contributed by atoms with E-state index < -0.39 is 0 Å². The van der Waals surface area contributed by atoms with E-state index in [2.05, 4.69) is 32.9 Å². The van der Waals surface area contributed by atoms with Gasteiger partial charge in [0.15, 0.2) is 0 Å². The van der Waals surface area contributed by atoms with E-state index in [9.17, 15) is 0 Å². The standard InChI is InChI=1S/C10H16/c1-4-10-6-5-8(2)9(3)7-10/h6-8H,4-5H2,1-3H3. The summed E-state index contributed by atoms with van der Waals surface area (Å²) in [6.07, 6.45) is 7.11. The molecule has 0 aromatic carbocycles. The molecule has 0 radical (unpaired) electrons. The second kappa shape index (κ2) is 3.05. The highest BCUT2D eigenvalue weighted by Gasteiger charge is 2.07. The lowest BCUT2D eigenvalue weighted by Crippen LogP contribution is -2.00. The molecule has 0 N–H and O–H groups in total. The SMILES string of the molecule is CCC1=CCC(C)C(C)=C1. The lowest BCUT2D eigenvalue weighted by atomic mass is 9.90. The van der Waals surface area contributed by atoms with E-state index in [0.29, 0.717) is 0 Å². The maximum Gasteiger partial charge on any atom is -0.0196 e. The van der Waals surface area contributed by atoms with Crippen molar-refractivity contribution in [1.82, 2.24) is 0 Å². The zero-order valence-electron chi connectivity index (χ0n) is 7.15. The van der Waals surface area contributed by atoms with E-state index in [1.54, 1.807) is 5.57 Å². The van der Waals surface area contributed by atoms with Crippen LogP contribution in [0.25, 0.3) is 0 Å². The average molecular weight is 136 g/mol. The van der Waals surface area contributed by atoms with Crippen molar-refractivity contribution in [2.75, 3.05) is 0 Å². The molecular formula is C10H16. The van der Waals surface area contributed by atoms with Gasteiger partial charge in [0.05, 0.1) is 0 Å². The van der Waals surface area contributed by atoms with Crippen LogP contribution in [-0.4, -0.2) is 0 Å². The fraction of sp³-hybridized carbons (Fsp3) is 0.600. The molecule has 1 rings (SSSR count). The maximum atomic E-state index is 2.36. The second-order valence-electron chi connectivity index (χ2n) is 3.16. The Labute approximate surface area is 63.6 Å². The summed E-state index contributed by atoms with van der Waals surface area (Å²) < 4.78 is 0. The second-order valence-corrected chi connectivity index (χ2v) is 3.16. The predicted molar refractivity (Wildman–Crippen MR) is 45.9 cm³/mol. The maximum absolute atomic E-state index is 2.36. The number of hydrogen-bond donors (Lipinski definition) is 0. The minimum Gasteiger partial charge on any atom is -0.0807 e. The minimum atomic E-state index is 0.773. The van der Waals surface area contributed by atoms with Crippen molar-refractivity contribution in [3.05, 3.63) is 23.3 Å². The van der Waals surface area contributed by atoms with Gasteiger partial charge in [-0.2, -0.15) is 0 Å². The van der Waals surface area contributed by atoms with E-state index in [1.165, 1.54) is 18.4 Å². The zero-order chi connectivity index (χ0) is 7.56. The molecular weight excluding hydrogens is 120 g/mol. The van der Waals surface area contributed by atoms with Gasteiger partial charge in [0.2, 0.25) is 0 Å². The first-order valence-corrected chi connectivity index (χ1v) is 4.11. The fourth-order valence-electron chi connectivity index (χ4n) is 1.25. The molecule has 10 heavy (non-hydrogen) atoms. The summed E-state index contributed by atoms with van der Waals surface area (Å²) in [5.74, 6) is 0.773. The first-order valence-electron chi connectivity index (χ1n) is 4.11. The van der Waals surface area contributed by atoms with Crippen molar-refractivity contribution in [3.8, 4) is 0 Å². The lowest BCUT2D eigenvalue weighted by molar-refractivity contribution is 0.678. The minimum absolute atomic E-state index is 0.773. The van der Waals surface area contributed by atoms with Crippen molar-refractivity contribution in [3.63, 3.8) is 0 Å². The van der Waals surface area contributed by atoms with Crippen molar-refractivity contribution < 1.29 is 0 Å². The van der Waals surface area contributed by atoms with E-state index >= 15 is 0 Å². The molecule has 0 aliphatic heterocycles. The van der Waals surface area contributed by atoms with Crippen LogP contribution in [0.4, 0.5) is 0 Å². The van der Waals surface area contributed by atoms with Crippen LogP contribution in [0.2, 0.25) is 0 Å². The summed E-state index contributed by atoms with van der Waals surface area (Å²) in [4.78, 5) is 0. The van der Waals surface area contributed by atoms with Crippen LogP contribution in [0.15, 0.2) is 23.3 Å². The number of hydrogen-bond acceptors (Lipinski definition) is 0. The first kappa shape index (κ1) is 7.59. The van der Waals surface area contributed by atoms with E-state index in [-0.39, 0.29) is 0 Å². The van der Waals surface area contributed by atoms with E-state index in [0.717, 1.165) is 5.92 Å². The van der Waals surface area contributed by atoms with Gasteiger partial charge in [0.25, 0.3) is 0 Å². The van der Waals surface area contributed by atoms with Gasteiger partial charge in [0.1, 0.15) is 0 Å². The molecule has 1 unspecified atom stereocenters. The molecule has 0 bridgehead atoms. The molecule has 0 fully saturated rings. The molecule has 1 aliphatic rings. The third kappa shape index (κ3) is 1.50. The molecule has 0 saturated heterocycles. The first-order chi connectivity index (χ1) is 4.74. The number of rotatable bonds is 1. The van der Waals surface area contributed by atoms with Crippen molar-refractivity contribution >= 4 is 0 Å². The Morgan fingerprint density at radius 1 is 1.60 bits per heavy atom. The third-order valence-corrected chi connectivity index (χ3v) is 2.33. The van der Waals surface area contributed by atoms with Crippen LogP contribution < -0.4 is 0 Å². The molecule has 1 aliphatic carbocycles. The van der Waals surface area contributed by atoms with Gasteiger partial charge in [0, 0.05) is 0 Å². The van der Waals surface area contributed by atoms with E-state index in [1.807, 2.05) is 0 Å². The molecule has 1 atom stereocenters. The Kier molecular flexibility index (Phi) is 2.31. The summed E-state index contributed by atoms with van der Waals surface area (Å²) in [5.41, 5.74) is 3.05. The molecule has 56 valence electrons. The number of allylic oxidation sites excluding steroid dienone is 4. The summed E-state index contributed by atoms with van der Waals surface area (Å²) in [7, 11) is 0. The summed E-state index contributed by atoms with van der Waals surface area (Å²) >= 11 is 0. The van der Waals surface area contributed by atoms with Gasteiger partial charge in [-0.15, -0.1) is 0 Å². The third-order valence-electron chi connectivity index (χ3n) is 2.33. The highest BCUT2D eigenvalue weighted by atomic mass is 14.1. The lowest BCUT2D eigenvalue weighted by Gasteiger charge is -2.16. The summed E-state index contributed by atoms with van der Waals surface area (Å²) in [6.45, 7) is 6.73. The van der Waals surface area contributed by atoms with Crippen LogP contribution in [0.1, 0.15) is 33.6 Å². The molecule has 0 aromatic rings. The molecule has 0 heteroatoms. The zero-order valence-corrected chi connectivity index (χ0v) is 7.15. The quantitative estimate of drug-likeness (QED) is 0.518. The van der Waals surface area contributed by atoms with Gasteiger partial charge in [-0.05, 0) is 25.7 Å². The van der Waals surface area contributed by atoms with Gasteiger partial charge in [-0.3, -0.25) is 0 Å².